The third-order valence-corrected chi connectivity index (χ3v) is 6.64. The number of benzene rings is 1. The monoisotopic (exact) mass is 394 g/mol. The van der Waals surface area contributed by atoms with Crippen LogP contribution in [0.5, 0.6) is 0 Å². The van der Waals surface area contributed by atoms with E-state index in [-0.39, 0.29) is 0 Å². The van der Waals surface area contributed by atoms with E-state index in [0.717, 1.165) is 34.9 Å². The zero-order valence-electron chi connectivity index (χ0n) is 16.0. The molecule has 3 nitrogen and oxygen atoms in total. The van der Waals surface area contributed by atoms with Crippen molar-refractivity contribution in [2.45, 2.75) is 76.8 Å². The summed E-state index contributed by atoms with van der Waals surface area (Å²) < 4.78 is 0. The van der Waals surface area contributed by atoms with Gasteiger partial charge in [0.1, 0.15) is 0 Å². The van der Waals surface area contributed by atoms with Crippen LogP contribution >= 0.6 is 23.8 Å². The van der Waals surface area contributed by atoms with Crippen LogP contribution in [0.1, 0.15) is 63.4 Å². The largest absolute Gasteiger partial charge is 0.357 e. The van der Waals surface area contributed by atoms with E-state index in [1.165, 1.54) is 64.3 Å². The molecule has 5 heteroatoms. The molecule has 0 heterocycles. The van der Waals surface area contributed by atoms with Crippen molar-refractivity contribution in [2.75, 3.05) is 18.4 Å². The van der Waals surface area contributed by atoms with Crippen molar-refractivity contribution in [3.05, 3.63) is 28.8 Å². The van der Waals surface area contributed by atoms with Gasteiger partial charge in [0, 0.05) is 0 Å². The summed E-state index contributed by atoms with van der Waals surface area (Å²) in [5, 5.41) is 8.03. The normalized spacial score (nSPS) is 20.1. The highest BCUT2D eigenvalue weighted by atomic mass is 35.5. The van der Waals surface area contributed by atoms with E-state index < -0.39 is 0 Å². The number of rotatable bonds is 6. The van der Waals surface area contributed by atoms with Crippen molar-refractivity contribution in [2.24, 2.45) is 0 Å². The number of thiocarbonyl (C=S) groups is 1. The van der Waals surface area contributed by atoms with Gasteiger partial charge in [-0.3, -0.25) is 0 Å². The van der Waals surface area contributed by atoms with Crippen molar-refractivity contribution in [1.29, 1.82) is 0 Å². The molecule has 1 aromatic rings. The van der Waals surface area contributed by atoms with Gasteiger partial charge in [-0.05, 0) is 88.2 Å². The molecule has 0 saturated heterocycles. The lowest BCUT2D eigenvalue weighted by Gasteiger charge is -2.35. The van der Waals surface area contributed by atoms with Crippen LogP contribution in [0.3, 0.4) is 0 Å². The summed E-state index contributed by atoms with van der Waals surface area (Å²) in [6.07, 6.45) is 12.7. The molecule has 1 aromatic carbocycles. The molecular weight excluding hydrogens is 362 g/mol. The Hall–Kier alpha value is -0.840. The maximum Gasteiger partial charge on any atom is 0.171 e. The fourth-order valence-electron chi connectivity index (χ4n) is 4.72. The van der Waals surface area contributed by atoms with E-state index >= 15 is 0 Å². The smallest absolute Gasteiger partial charge is 0.171 e. The molecule has 3 N–H and O–H groups in total. The minimum absolute atomic E-state index is 0.671. The van der Waals surface area contributed by atoms with Crippen LogP contribution in [-0.2, 0) is 0 Å². The molecular formula is C21H33ClN3S+. The number of hydrogen-bond acceptors (Lipinski definition) is 1. The minimum atomic E-state index is 0.671. The second-order valence-electron chi connectivity index (χ2n) is 8.01. The van der Waals surface area contributed by atoms with Crippen molar-refractivity contribution in [3.63, 3.8) is 0 Å². The fourth-order valence-corrected chi connectivity index (χ4v) is 5.21. The van der Waals surface area contributed by atoms with Gasteiger partial charge >= 0.3 is 0 Å². The van der Waals surface area contributed by atoms with E-state index in [1.54, 1.807) is 0 Å². The SMILES string of the molecule is Cc1ccc(NC(=S)NCC[NH+](C2CCCCC2)C2CCCC2)c(Cl)c1. The van der Waals surface area contributed by atoms with Crippen LogP contribution in [0.2, 0.25) is 5.02 Å². The molecule has 0 spiro atoms. The fraction of sp³-hybridized carbons (Fsp3) is 0.667. The van der Waals surface area contributed by atoms with E-state index in [4.69, 9.17) is 23.8 Å². The van der Waals surface area contributed by atoms with Gasteiger partial charge in [0.2, 0.25) is 0 Å². The average molecular weight is 395 g/mol. The Morgan fingerprint density at radius 1 is 1.08 bits per heavy atom. The molecule has 0 radical (unpaired) electrons. The molecule has 2 aliphatic rings. The Kier molecular flexibility index (Phi) is 7.59. The first-order valence-electron chi connectivity index (χ1n) is 10.3. The Labute approximate surface area is 168 Å². The topological polar surface area (TPSA) is 28.5 Å². The van der Waals surface area contributed by atoms with Gasteiger partial charge in [0.25, 0.3) is 0 Å². The second-order valence-corrected chi connectivity index (χ2v) is 8.82. The van der Waals surface area contributed by atoms with Gasteiger partial charge in [-0.15, -0.1) is 0 Å². The summed E-state index contributed by atoms with van der Waals surface area (Å²) in [6.45, 7) is 4.13. The molecule has 2 aliphatic carbocycles. The van der Waals surface area contributed by atoms with Gasteiger partial charge in [-0.1, -0.05) is 24.1 Å². The number of anilines is 1. The molecule has 3 rings (SSSR count). The van der Waals surface area contributed by atoms with Crippen LogP contribution in [0.25, 0.3) is 0 Å². The summed E-state index contributed by atoms with van der Waals surface area (Å²) in [7, 11) is 0. The van der Waals surface area contributed by atoms with Gasteiger partial charge < -0.3 is 15.5 Å². The highest BCUT2D eigenvalue weighted by Crippen LogP contribution is 2.22. The Bertz CT molecular complexity index is 595. The summed E-state index contributed by atoms with van der Waals surface area (Å²) in [5.74, 6) is 0. The Balaban J connectivity index is 1.49. The predicted molar refractivity (Wildman–Crippen MR) is 115 cm³/mol. The van der Waals surface area contributed by atoms with Gasteiger partial charge in [0.15, 0.2) is 5.11 Å². The molecule has 0 aromatic heterocycles. The molecule has 26 heavy (non-hydrogen) atoms. The number of hydrogen-bond donors (Lipinski definition) is 3. The van der Waals surface area contributed by atoms with E-state index in [9.17, 15) is 0 Å². The highest BCUT2D eigenvalue weighted by molar-refractivity contribution is 7.80. The molecule has 1 unspecified atom stereocenters. The molecule has 1 atom stereocenters. The quantitative estimate of drug-likeness (QED) is 0.634. The Morgan fingerprint density at radius 2 is 1.69 bits per heavy atom. The zero-order chi connectivity index (χ0) is 18.4. The summed E-state index contributed by atoms with van der Waals surface area (Å²) in [6, 6.07) is 7.73. The van der Waals surface area contributed by atoms with E-state index in [1.807, 2.05) is 30.0 Å². The number of aryl methyl sites for hydroxylation is 1. The number of halogens is 1. The maximum atomic E-state index is 6.29. The molecule has 0 bridgehead atoms. The summed E-state index contributed by atoms with van der Waals surface area (Å²) in [5.41, 5.74) is 2.03. The molecule has 0 aliphatic heterocycles. The first-order chi connectivity index (χ1) is 12.6. The molecule has 144 valence electrons. The number of nitrogens with one attached hydrogen (secondary N) is 3. The van der Waals surface area contributed by atoms with Crippen LogP contribution in [-0.4, -0.2) is 30.3 Å². The highest BCUT2D eigenvalue weighted by Gasteiger charge is 2.32. The predicted octanol–water partition coefficient (Wildman–Crippen LogP) is 4.10. The van der Waals surface area contributed by atoms with Crippen molar-refractivity contribution >= 4 is 34.6 Å². The van der Waals surface area contributed by atoms with Crippen molar-refractivity contribution < 1.29 is 4.90 Å². The van der Waals surface area contributed by atoms with Crippen LogP contribution in [0.15, 0.2) is 18.2 Å². The lowest BCUT2D eigenvalue weighted by Crippen LogP contribution is -3.19. The number of quaternary nitrogens is 1. The first kappa shape index (κ1) is 19.9. The van der Waals surface area contributed by atoms with Gasteiger partial charge in [0.05, 0.1) is 35.9 Å². The zero-order valence-corrected chi connectivity index (χ0v) is 17.5. The molecule has 2 saturated carbocycles. The summed E-state index contributed by atoms with van der Waals surface area (Å²) in [4.78, 5) is 1.84. The third-order valence-electron chi connectivity index (χ3n) is 6.08. The lowest BCUT2D eigenvalue weighted by atomic mass is 9.93. The van der Waals surface area contributed by atoms with E-state index in [2.05, 4.69) is 10.6 Å². The Morgan fingerprint density at radius 3 is 2.31 bits per heavy atom. The minimum Gasteiger partial charge on any atom is -0.357 e. The van der Waals surface area contributed by atoms with Gasteiger partial charge in [-0.2, -0.15) is 0 Å². The van der Waals surface area contributed by atoms with Crippen molar-refractivity contribution in [3.8, 4) is 0 Å². The molecule has 0 amide bonds. The standard InChI is InChI=1S/C21H32ClN3S/c1-16-11-12-20(19(22)15-16)24-21(26)23-13-14-25(18-9-5-6-10-18)17-7-3-2-4-8-17/h11-12,15,17-18H,2-10,13-14H2,1H3,(H2,23,24,26)/p+1. The van der Waals surface area contributed by atoms with Gasteiger partial charge in [-0.25, -0.2) is 0 Å². The average Bonchev–Trinajstić information content (AvgIpc) is 3.16. The maximum absolute atomic E-state index is 6.29. The second kappa shape index (κ2) is 9.91. The summed E-state index contributed by atoms with van der Waals surface area (Å²) >= 11 is 11.8. The van der Waals surface area contributed by atoms with Crippen LogP contribution in [0.4, 0.5) is 5.69 Å². The van der Waals surface area contributed by atoms with Crippen LogP contribution in [0, 0.1) is 6.92 Å². The molecule has 2 fully saturated rings. The first-order valence-corrected chi connectivity index (χ1v) is 11.1. The van der Waals surface area contributed by atoms with Crippen LogP contribution < -0.4 is 15.5 Å². The van der Waals surface area contributed by atoms with E-state index in [0.29, 0.717) is 5.11 Å². The lowest BCUT2D eigenvalue weighted by molar-refractivity contribution is -0.949. The third kappa shape index (κ3) is 5.58. The van der Waals surface area contributed by atoms with Crippen molar-refractivity contribution in [1.82, 2.24) is 5.32 Å².